The van der Waals surface area contributed by atoms with Crippen molar-refractivity contribution in [3.8, 4) is 11.1 Å². The van der Waals surface area contributed by atoms with Gasteiger partial charge in [-0.05, 0) is 30.5 Å². The lowest BCUT2D eigenvalue weighted by Gasteiger charge is -2.25. The van der Waals surface area contributed by atoms with Gasteiger partial charge in [0.1, 0.15) is 0 Å². The number of amides is 1. The summed E-state index contributed by atoms with van der Waals surface area (Å²) in [5.41, 5.74) is 9.00. The highest BCUT2D eigenvalue weighted by Crippen LogP contribution is 2.37. The number of anilines is 1. The van der Waals surface area contributed by atoms with E-state index in [1.54, 1.807) is 30.3 Å². The minimum atomic E-state index is -0.159. The molecule has 1 amide bonds. The van der Waals surface area contributed by atoms with Gasteiger partial charge in [0.2, 0.25) is 5.95 Å². The van der Waals surface area contributed by atoms with Crippen LogP contribution in [0.2, 0.25) is 5.02 Å². The number of carbonyl (C=O) groups excluding carboxylic acids is 1. The zero-order chi connectivity index (χ0) is 19.0. The van der Waals surface area contributed by atoms with Crippen LogP contribution < -0.4 is 5.73 Å². The topological polar surface area (TPSA) is 89.9 Å². The molecule has 0 aliphatic carbocycles. The number of hydrogen-bond acceptors (Lipinski definition) is 5. The molecule has 2 aromatic heterocycles. The van der Waals surface area contributed by atoms with Crippen molar-refractivity contribution in [1.82, 2.24) is 24.6 Å². The summed E-state index contributed by atoms with van der Waals surface area (Å²) in [7, 11) is 1.79. The van der Waals surface area contributed by atoms with E-state index in [9.17, 15) is 4.79 Å². The molecule has 7 nitrogen and oxygen atoms in total. The van der Waals surface area contributed by atoms with Gasteiger partial charge < -0.3 is 10.6 Å². The van der Waals surface area contributed by atoms with Gasteiger partial charge in [-0.1, -0.05) is 23.7 Å². The number of hydrogen-bond donors (Lipinski definition) is 1. The Morgan fingerprint density at radius 3 is 2.74 bits per heavy atom. The van der Waals surface area contributed by atoms with Gasteiger partial charge in [-0.3, -0.25) is 9.48 Å². The number of likely N-dealkylation sites (tertiary alicyclic amines) is 1. The maximum absolute atomic E-state index is 13.0. The van der Waals surface area contributed by atoms with Gasteiger partial charge >= 0.3 is 0 Å². The second-order valence-corrected chi connectivity index (χ2v) is 7.03. The lowest BCUT2D eigenvalue weighted by Crippen LogP contribution is -2.31. The van der Waals surface area contributed by atoms with Crippen LogP contribution in [0.4, 0.5) is 5.95 Å². The molecular formula is C19H19ClN6O. The number of nitrogens with two attached hydrogens (primary N) is 1. The fourth-order valence-electron chi connectivity index (χ4n) is 3.51. The number of nitrogens with zero attached hydrogens (tertiary/aromatic N) is 5. The molecule has 1 saturated heterocycles. The molecule has 0 saturated carbocycles. The molecule has 4 rings (SSSR count). The Morgan fingerprint density at radius 2 is 2.04 bits per heavy atom. The summed E-state index contributed by atoms with van der Waals surface area (Å²) < 4.78 is 1.63. The molecule has 0 radical (unpaired) electrons. The molecule has 1 aliphatic heterocycles. The first-order valence-corrected chi connectivity index (χ1v) is 9.08. The molecule has 8 heteroatoms. The van der Waals surface area contributed by atoms with Crippen LogP contribution in [-0.2, 0) is 7.05 Å². The van der Waals surface area contributed by atoms with Gasteiger partial charge in [-0.25, -0.2) is 9.97 Å². The number of rotatable bonds is 3. The van der Waals surface area contributed by atoms with Crippen molar-refractivity contribution in [2.24, 2.45) is 7.05 Å². The number of aryl methyl sites for hydroxylation is 1. The van der Waals surface area contributed by atoms with Crippen molar-refractivity contribution in [3.05, 3.63) is 59.1 Å². The highest BCUT2D eigenvalue weighted by Gasteiger charge is 2.34. The van der Waals surface area contributed by atoms with E-state index in [1.807, 2.05) is 29.2 Å². The molecule has 3 aromatic rings. The van der Waals surface area contributed by atoms with E-state index in [0.29, 0.717) is 17.1 Å². The summed E-state index contributed by atoms with van der Waals surface area (Å²) in [5.74, 6) is 0.147. The van der Waals surface area contributed by atoms with Crippen LogP contribution in [0.1, 0.15) is 34.9 Å². The zero-order valence-corrected chi connectivity index (χ0v) is 15.6. The van der Waals surface area contributed by atoms with E-state index in [-0.39, 0.29) is 17.9 Å². The summed E-state index contributed by atoms with van der Waals surface area (Å²) >= 11 is 6.01. The fourth-order valence-corrected chi connectivity index (χ4v) is 3.63. The summed E-state index contributed by atoms with van der Waals surface area (Å²) in [5, 5.41) is 4.76. The molecule has 1 atom stereocenters. The number of carbonyl (C=O) groups is 1. The van der Waals surface area contributed by atoms with Crippen LogP contribution in [0, 0.1) is 0 Å². The van der Waals surface area contributed by atoms with Crippen LogP contribution in [0.15, 0.2) is 42.9 Å². The molecule has 0 spiro atoms. The Morgan fingerprint density at radius 1 is 1.26 bits per heavy atom. The first-order valence-electron chi connectivity index (χ1n) is 8.71. The number of aromatic nitrogens is 4. The van der Waals surface area contributed by atoms with Crippen LogP contribution in [-0.4, -0.2) is 37.1 Å². The average Bonchev–Trinajstić information content (AvgIpc) is 3.31. The molecule has 27 heavy (non-hydrogen) atoms. The maximum Gasteiger partial charge on any atom is 0.257 e. The standard InChI is InChI=1S/C19H19ClN6O/c1-25-11-13(9-23-25)18(27)26-8-2-3-16(26)17-15(10-22-19(21)24-17)12-4-6-14(20)7-5-12/h4-7,9-11,16H,2-3,8H2,1H3,(H2,21,22,24)/t16-/m1/s1. The molecular weight excluding hydrogens is 364 g/mol. The van der Waals surface area contributed by atoms with Crippen molar-refractivity contribution >= 4 is 23.5 Å². The largest absolute Gasteiger partial charge is 0.368 e. The molecule has 3 heterocycles. The Kier molecular flexibility index (Phi) is 4.53. The summed E-state index contributed by atoms with van der Waals surface area (Å²) in [6, 6.07) is 7.33. The monoisotopic (exact) mass is 382 g/mol. The minimum Gasteiger partial charge on any atom is -0.368 e. The molecule has 0 unspecified atom stereocenters. The Labute approximate surface area is 161 Å². The number of benzene rings is 1. The Bertz CT molecular complexity index is 984. The summed E-state index contributed by atoms with van der Waals surface area (Å²) in [4.78, 5) is 23.5. The molecule has 138 valence electrons. The summed E-state index contributed by atoms with van der Waals surface area (Å²) in [6.45, 7) is 0.669. The maximum atomic E-state index is 13.0. The Hall–Kier alpha value is -2.93. The Balaban J connectivity index is 1.74. The molecule has 2 N–H and O–H groups in total. The SMILES string of the molecule is Cn1cc(C(=O)N2CCC[C@@H]2c2nc(N)ncc2-c2ccc(Cl)cc2)cn1. The highest BCUT2D eigenvalue weighted by molar-refractivity contribution is 6.30. The first-order chi connectivity index (χ1) is 13.0. The second-order valence-electron chi connectivity index (χ2n) is 6.59. The predicted molar refractivity (Wildman–Crippen MR) is 103 cm³/mol. The highest BCUT2D eigenvalue weighted by atomic mass is 35.5. The third kappa shape index (κ3) is 3.38. The van der Waals surface area contributed by atoms with Gasteiger partial charge in [0.05, 0.1) is 23.5 Å². The number of nitrogen functional groups attached to an aromatic ring is 1. The van der Waals surface area contributed by atoms with Gasteiger partial charge in [-0.2, -0.15) is 5.10 Å². The molecule has 1 aliphatic rings. The van der Waals surface area contributed by atoms with E-state index < -0.39 is 0 Å². The lowest BCUT2D eigenvalue weighted by atomic mass is 9.99. The fraction of sp³-hybridized carbons (Fsp3) is 0.263. The number of halogens is 1. The summed E-state index contributed by atoms with van der Waals surface area (Å²) in [6.07, 6.45) is 6.76. The zero-order valence-electron chi connectivity index (χ0n) is 14.8. The van der Waals surface area contributed by atoms with Crippen LogP contribution in [0.25, 0.3) is 11.1 Å². The van der Waals surface area contributed by atoms with E-state index in [1.165, 1.54) is 0 Å². The van der Waals surface area contributed by atoms with Gasteiger partial charge in [0.15, 0.2) is 0 Å². The van der Waals surface area contributed by atoms with Crippen molar-refractivity contribution in [2.45, 2.75) is 18.9 Å². The van der Waals surface area contributed by atoms with E-state index in [4.69, 9.17) is 17.3 Å². The van der Waals surface area contributed by atoms with Crippen LogP contribution >= 0.6 is 11.6 Å². The van der Waals surface area contributed by atoms with E-state index in [0.717, 1.165) is 29.7 Å². The third-order valence-corrected chi connectivity index (χ3v) is 5.03. The van der Waals surface area contributed by atoms with Gasteiger partial charge in [0.25, 0.3) is 5.91 Å². The molecule has 1 fully saturated rings. The van der Waals surface area contributed by atoms with E-state index >= 15 is 0 Å². The molecule has 0 bridgehead atoms. The normalized spacial score (nSPS) is 16.7. The lowest BCUT2D eigenvalue weighted by molar-refractivity contribution is 0.0733. The smallest absolute Gasteiger partial charge is 0.257 e. The predicted octanol–water partition coefficient (Wildman–Crippen LogP) is 3.09. The minimum absolute atomic E-state index is 0.0511. The van der Waals surface area contributed by atoms with E-state index in [2.05, 4.69) is 15.1 Å². The van der Waals surface area contributed by atoms with Crippen molar-refractivity contribution < 1.29 is 4.79 Å². The van der Waals surface area contributed by atoms with Crippen LogP contribution in [0.5, 0.6) is 0 Å². The first kappa shape index (κ1) is 17.5. The van der Waals surface area contributed by atoms with Crippen molar-refractivity contribution in [3.63, 3.8) is 0 Å². The second kappa shape index (κ2) is 7.00. The van der Waals surface area contributed by atoms with Crippen molar-refractivity contribution in [2.75, 3.05) is 12.3 Å². The van der Waals surface area contributed by atoms with Gasteiger partial charge in [-0.15, -0.1) is 0 Å². The van der Waals surface area contributed by atoms with Gasteiger partial charge in [0, 0.05) is 36.6 Å². The quantitative estimate of drug-likeness (QED) is 0.751. The van der Waals surface area contributed by atoms with Crippen molar-refractivity contribution in [1.29, 1.82) is 0 Å². The van der Waals surface area contributed by atoms with Crippen LogP contribution in [0.3, 0.4) is 0 Å². The third-order valence-electron chi connectivity index (χ3n) is 4.77. The average molecular weight is 383 g/mol. The molecule has 1 aromatic carbocycles.